The van der Waals surface area contributed by atoms with Crippen LogP contribution in [0.25, 0.3) is 0 Å². The number of thioether (sulfide) groups is 1. The number of nitrogens with zero attached hydrogens (tertiary/aromatic N) is 3. The summed E-state index contributed by atoms with van der Waals surface area (Å²) in [5.74, 6) is 2.69. The maximum absolute atomic E-state index is 12.3. The minimum absolute atomic E-state index is 0.138. The summed E-state index contributed by atoms with van der Waals surface area (Å²) in [6.07, 6.45) is 0. The molecule has 0 spiro atoms. The zero-order valence-electron chi connectivity index (χ0n) is 16.7. The first-order chi connectivity index (χ1) is 14.1. The van der Waals surface area contributed by atoms with Crippen molar-refractivity contribution in [3.63, 3.8) is 0 Å². The van der Waals surface area contributed by atoms with Gasteiger partial charge in [0.2, 0.25) is 0 Å². The third-order valence-electron chi connectivity index (χ3n) is 4.28. The number of hydrogen-bond acceptors (Lipinski definition) is 6. The Morgan fingerprint density at radius 2 is 1.79 bits per heavy atom. The highest BCUT2D eigenvalue weighted by Crippen LogP contribution is 2.26. The monoisotopic (exact) mass is 412 g/mol. The molecule has 3 rings (SSSR count). The lowest BCUT2D eigenvalue weighted by molar-refractivity contribution is 0.0937. The van der Waals surface area contributed by atoms with E-state index in [2.05, 4.69) is 15.5 Å². The number of ether oxygens (including phenoxy) is 2. The maximum Gasteiger partial charge on any atom is 0.251 e. The van der Waals surface area contributed by atoms with Gasteiger partial charge in [0.1, 0.15) is 0 Å². The predicted octanol–water partition coefficient (Wildman–Crippen LogP) is 3.49. The Morgan fingerprint density at radius 1 is 1.10 bits per heavy atom. The molecule has 0 radical (unpaired) electrons. The number of amides is 1. The number of carbonyl (C=O) groups is 1. The zero-order chi connectivity index (χ0) is 20.6. The molecule has 7 nitrogen and oxygen atoms in total. The van der Waals surface area contributed by atoms with Crippen LogP contribution in [0.15, 0.2) is 59.8 Å². The highest BCUT2D eigenvalue weighted by atomic mass is 32.2. The van der Waals surface area contributed by atoms with E-state index in [0.29, 0.717) is 35.2 Å². The van der Waals surface area contributed by atoms with E-state index in [1.807, 2.05) is 61.0 Å². The second kappa shape index (κ2) is 9.97. The second-order valence-electron chi connectivity index (χ2n) is 6.31. The molecule has 1 aromatic heterocycles. The van der Waals surface area contributed by atoms with Crippen LogP contribution in [-0.4, -0.2) is 40.1 Å². The van der Waals surface area contributed by atoms with Gasteiger partial charge < -0.3 is 19.4 Å². The lowest BCUT2D eigenvalue weighted by Gasteiger charge is -2.13. The van der Waals surface area contributed by atoms with E-state index in [0.717, 1.165) is 5.16 Å². The summed E-state index contributed by atoms with van der Waals surface area (Å²) in [6.45, 7) is 2.40. The zero-order valence-corrected chi connectivity index (χ0v) is 17.5. The van der Waals surface area contributed by atoms with Gasteiger partial charge in [-0.2, -0.15) is 0 Å². The van der Waals surface area contributed by atoms with Crippen molar-refractivity contribution in [2.45, 2.75) is 18.1 Å². The van der Waals surface area contributed by atoms with Crippen LogP contribution in [0.1, 0.15) is 29.1 Å². The minimum Gasteiger partial charge on any atom is -0.493 e. The number of benzene rings is 2. The SMILES string of the molecule is COc1ccccc1OCCSc1nnc([C@H](C)NC(=O)c2ccccc2)n1C. The van der Waals surface area contributed by atoms with E-state index in [1.165, 1.54) is 0 Å². The van der Waals surface area contributed by atoms with Crippen LogP contribution in [0.5, 0.6) is 11.5 Å². The van der Waals surface area contributed by atoms with E-state index < -0.39 is 0 Å². The largest absolute Gasteiger partial charge is 0.493 e. The molecule has 29 heavy (non-hydrogen) atoms. The number of carbonyl (C=O) groups excluding carboxylic acids is 1. The fourth-order valence-corrected chi connectivity index (χ4v) is 3.52. The number of methoxy groups -OCH3 is 1. The van der Waals surface area contributed by atoms with Gasteiger partial charge in [0, 0.05) is 18.4 Å². The van der Waals surface area contributed by atoms with Gasteiger partial charge in [-0.05, 0) is 31.2 Å². The van der Waals surface area contributed by atoms with Crippen LogP contribution in [0.2, 0.25) is 0 Å². The molecular formula is C21H24N4O3S. The molecule has 0 aliphatic carbocycles. The van der Waals surface area contributed by atoms with Crippen molar-refractivity contribution in [3.8, 4) is 11.5 Å². The fraction of sp³-hybridized carbons (Fsp3) is 0.286. The van der Waals surface area contributed by atoms with Gasteiger partial charge in [-0.3, -0.25) is 4.79 Å². The summed E-state index contributed by atoms with van der Waals surface area (Å²) in [5.41, 5.74) is 0.615. The molecule has 1 atom stereocenters. The van der Waals surface area contributed by atoms with Gasteiger partial charge in [0.15, 0.2) is 22.5 Å². The van der Waals surface area contributed by atoms with Gasteiger partial charge in [0.25, 0.3) is 5.91 Å². The van der Waals surface area contributed by atoms with Gasteiger partial charge in [-0.15, -0.1) is 10.2 Å². The summed E-state index contributed by atoms with van der Waals surface area (Å²) in [7, 11) is 3.51. The van der Waals surface area contributed by atoms with Crippen LogP contribution in [0.3, 0.4) is 0 Å². The van der Waals surface area contributed by atoms with Crippen LogP contribution in [0, 0.1) is 0 Å². The van der Waals surface area contributed by atoms with Crippen molar-refractivity contribution in [1.29, 1.82) is 0 Å². The fourth-order valence-electron chi connectivity index (χ4n) is 2.79. The Morgan fingerprint density at radius 3 is 2.52 bits per heavy atom. The second-order valence-corrected chi connectivity index (χ2v) is 7.37. The molecule has 8 heteroatoms. The number of nitrogens with one attached hydrogen (secondary N) is 1. The third kappa shape index (κ3) is 5.29. The number of rotatable bonds is 9. The smallest absolute Gasteiger partial charge is 0.251 e. The summed E-state index contributed by atoms with van der Waals surface area (Å²) in [6, 6.07) is 16.4. The van der Waals surface area contributed by atoms with Crippen LogP contribution in [0.4, 0.5) is 0 Å². The molecule has 1 amide bonds. The van der Waals surface area contributed by atoms with Crippen molar-refractivity contribution in [3.05, 3.63) is 66.0 Å². The molecule has 0 saturated heterocycles. The molecular weight excluding hydrogens is 388 g/mol. The molecule has 0 fully saturated rings. The van der Waals surface area contributed by atoms with Gasteiger partial charge in [0.05, 0.1) is 19.8 Å². The Balaban J connectivity index is 1.53. The Bertz CT molecular complexity index is 946. The van der Waals surface area contributed by atoms with E-state index in [4.69, 9.17) is 9.47 Å². The van der Waals surface area contributed by atoms with Crippen molar-refractivity contribution in [2.24, 2.45) is 7.05 Å². The van der Waals surface area contributed by atoms with Crippen molar-refractivity contribution < 1.29 is 14.3 Å². The molecule has 152 valence electrons. The summed E-state index contributed by atoms with van der Waals surface area (Å²) in [5, 5.41) is 12.2. The number of para-hydroxylation sites is 2. The van der Waals surface area contributed by atoms with Crippen molar-refractivity contribution in [2.75, 3.05) is 19.5 Å². The molecule has 2 aromatic carbocycles. The lowest BCUT2D eigenvalue weighted by atomic mass is 10.2. The first-order valence-electron chi connectivity index (χ1n) is 9.24. The molecule has 0 unspecified atom stereocenters. The molecule has 0 saturated carbocycles. The Labute approximate surface area is 174 Å². The predicted molar refractivity (Wildman–Crippen MR) is 113 cm³/mol. The highest BCUT2D eigenvalue weighted by Gasteiger charge is 2.18. The Kier molecular flexibility index (Phi) is 7.13. The van der Waals surface area contributed by atoms with Crippen LogP contribution in [-0.2, 0) is 7.05 Å². The average molecular weight is 413 g/mol. The summed E-state index contributed by atoms with van der Waals surface area (Å²) < 4.78 is 13.0. The maximum atomic E-state index is 12.3. The van der Waals surface area contributed by atoms with Crippen molar-refractivity contribution in [1.82, 2.24) is 20.1 Å². The topological polar surface area (TPSA) is 78.3 Å². The lowest BCUT2D eigenvalue weighted by Crippen LogP contribution is -2.28. The first kappa shape index (κ1) is 20.7. The molecule has 0 aliphatic rings. The molecule has 1 N–H and O–H groups in total. The number of aromatic nitrogens is 3. The van der Waals surface area contributed by atoms with Crippen molar-refractivity contribution >= 4 is 17.7 Å². The standard InChI is InChI=1S/C21H24N4O3S/c1-15(22-20(26)16-9-5-4-6-10-16)19-23-24-21(25(19)2)29-14-13-28-18-12-8-7-11-17(18)27-3/h4-12,15H,13-14H2,1-3H3,(H,22,26)/t15-/m0/s1. The first-order valence-corrected chi connectivity index (χ1v) is 10.2. The number of hydrogen-bond donors (Lipinski definition) is 1. The van der Waals surface area contributed by atoms with Gasteiger partial charge >= 0.3 is 0 Å². The van der Waals surface area contributed by atoms with E-state index in [-0.39, 0.29) is 11.9 Å². The molecule has 1 heterocycles. The quantitative estimate of drug-likeness (QED) is 0.428. The third-order valence-corrected chi connectivity index (χ3v) is 5.27. The van der Waals surface area contributed by atoms with Gasteiger partial charge in [-0.25, -0.2) is 0 Å². The van der Waals surface area contributed by atoms with E-state index >= 15 is 0 Å². The van der Waals surface area contributed by atoms with Gasteiger partial charge in [-0.1, -0.05) is 42.1 Å². The normalized spacial score (nSPS) is 11.7. The molecule has 0 aliphatic heterocycles. The van der Waals surface area contributed by atoms with Crippen LogP contribution >= 0.6 is 11.8 Å². The molecule has 0 bridgehead atoms. The summed E-state index contributed by atoms with van der Waals surface area (Å²) in [4.78, 5) is 12.3. The van der Waals surface area contributed by atoms with E-state index in [9.17, 15) is 4.79 Å². The molecule has 3 aromatic rings. The van der Waals surface area contributed by atoms with E-state index in [1.54, 1.807) is 31.0 Å². The minimum atomic E-state index is -0.264. The average Bonchev–Trinajstić information content (AvgIpc) is 3.12. The summed E-state index contributed by atoms with van der Waals surface area (Å²) >= 11 is 1.54. The van der Waals surface area contributed by atoms with Crippen LogP contribution < -0.4 is 14.8 Å². The highest BCUT2D eigenvalue weighted by molar-refractivity contribution is 7.99. The Hall–Kier alpha value is -3.00.